The van der Waals surface area contributed by atoms with Gasteiger partial charge in [0.1, 0.15) is 6.07 Å². The summed E-state index contributed by atoms with van der Waals surface area (Å²) in [7, 11) is 1.32. The van der Waals surface area contributed by atoms with Crippen molar-refractivity contribution in [3.8, 4) is 6.07 Å². The van der Waals surface area contributed by atoms with Gasteiger partial charge in [-0.05, 0) is 42.0 Å². The Morgan fingerprint density at radius 2 is 1.92 bits per heavy atom. The Morgan fingerprint density at radius 3 is 2.50 bits per heavy atom. The molecule has 0 bridgehead atoms. The van der Waals surface area contributed by atoms with Crippen LogP contribution in [0.2, 0.25) is 5.02 Å². The summed E-state index contributed by atoms with van der Waals surface area (Å²) >= 11 is 5.91. The minimum Gasteiger partial charge on any atom is -0.465 e. The number of methoxy groups -OCH3 is 1. The SMILES string of the molecule is COC(=O)c1ccc(/C=C/C(=O)Nc2ccc(C#N)c(Cl)c2)cc1. The molecule has 0 aliphatic rings. The second kappa shape index (κ2) is 7.95. The van der Waals surface area contributed by atoms with Gasteiger partial charge in [-0.1, -0.05) is 23.7 Å². The van der Waals surface area contributed by atoms with Crippen LogP contribution in [0.15, 0.2) is 48.5 Å². The van der Waals surface area contributed by atoms with Gasteiger partial charge in [-0.15, -0.1) is 0 Å². The van der Waals surface area contributed by atoms with E-state index in [1.807, 2.05) is 6.07 Å². The van der Waals surface area contributed by atoms with E-state index >= 15 is 0 Å². The molecule has 0 aliphatic heterocycles. The molecule has 0 aliphatic carbocycles. The van der Waals surface area contributed by atoms with Crippen LogP contribution in [0.5, 0.6) is 0 Å². The van der Waals surface area contributed by atoms with Crippen molar-refractivity contribution < 1.29 is 14.3 Å². The summed E-state index contributed by atoms with van der Waals surface area (Å²) in [5, 5.41) is 11.7. The number of nitrogens with one attached hydrogen (secondary N) is 1. The largest absolute Gasteiger partial charge is 0.465 e. The van der Waals surface area contributed by atoms with Gasteiger partial charge in [0.15, 0.2) is 0 Å². The topological polar surface area (TPSA) is 79.2 Å². The average molecular weight is 341 g/mol. The first-order valence-electron chi connectivity index (χ1n) is 6.90. The van der Waals surface area contributed by atoms with E-state index < -0.39 is 5.97 Å². The number of hydrogen-bond donors (Lipinski definition) is 1. The maximum Gasteiger partial charge on any atom is 0.337 e. The van der Waals surface area contributed by atoms with Gasteiger partial charge < -0.3 is 10.1 Å². The second-order valence-corrected chi connectivity index (χ2v) is 5.15. The van der Waals surface area contributed by atoms with Crippen LogP contribution in [-0.2, 0) is 9.53 Å². The van der Waals surface area contributed by atoms with Crippen LogP contribution in [0.25, 0.3) is 6.08 Å². The molecule has 0 aromatic heterocycles. The molecular formula is C18H13ClN2O3. The van der Waals surface area contributed by atoms with E-state index in [1.165, 1.54) is 25.3 Å². The zero-order valence-electron chi connectivity index (χ0n) is 12.7. The first kappa shape index (κ1) is 17.3. The van der Waals surface area contributed by atoms with Crippen LogP contribution in [0.1, 0.15) is 21.5 Å². The molecule has 0 spiro atoms. The minimum atomic E-state index is -0.416. The fraction of sp³-hybridized carbons (Fsp3) is 0.0556. The lowest BCUT2D eigenvalue weighted by atomic mass is 10.1. The summed E-state index contributed by atoms with van der Waals surface area (Å²) in [6.45, 7) is 0. The van der Waals surface area contributed by atoms with Crippen LogP contribution < -0.4 is 5.32 Å². The number of ether oxygens (including phenoxy) is 1. The smallest absolute Gasteiger partial charge is 0.337 e. The van der Waals surface area contributed by atoms with Crippen molar-refractivity contribution in [2.45, 2.75) is 0 Å². The fourth-order valence-corrected chi connectivity index (χ4v) is 2.11. The summed E-state index contributed by atoms with van der Waals surface area (Å²) in [5.41, 5.74) is 2.03. The molecule has 24 heavy (non-hydrogen) atoms. The van der Waals surface area contributed by atoms with E-state index in [2.05, 4.69) is 10.1 Å². The number of esters is 1. The fourth-order valence-electron chi connectivity index (χ4n) is 1.89. The van der Waals surface area contributed by atoms with E-state index in [4.69, 9.17) is 16.9 Å². The van der Waals surface area contributed by atoms with Crippen LogP contribution in [0.4, 0.5) is 5.69 Å². The van der Waals surface area contributed by atoms with Gasteiger partial charge in [-0.25, -0.2) is 4.79 Å². The number of halogens is 1. The zero-order valence-corrected chi connectivity index (χ0v) is 13.5. The Labute approximate surface area is 144 Å². The van der Waals surface area contributed by atoms with Gasteiger partial charge in [0.05, 0.1) is 23.3 Å². The van der Waals surface area contributed by atoms with Crippen molar-refractivity contribution in [1.82, 2.24) is 0 Å². The number of nitriles is 1. The number of amides is 1. The summed E-state index contributed by atoms with van der Waals surface area (Å²) in [6.07, 6.45) is 2.97. The van der Waals surface area contributed by atoms with E-state index in [0.29, 0.717) is 16.8 Å². The predicted octanol–water partition coefficient (Wildman–Crippen LogP) is 3.65. The van der Waals surface area contributed by atoms with Crippen molar-refractivity contribution in [1.29, 1.82) is 5.26 Å². The third-order valence-electron chi connectivity index (χ3n) is 3.12. The Bertz CT molecular complexity index is 836. The molecule has 0 fully saturated rings. The molecule has 6 heteroatoms. The molecule has 5 nitrogen and oxygen atoms in total. The average Bonchev–Trinajstić information content (AvgIpc) is 2.60. The molecule has 0 radical (unpaired) electrons. The summed E-state index contributed by atoms with van der Waals surface area (Å²) in [6, 6.07) is 13.2. The Kier molecular flexibility index (Phi) is 5.72. The Morgan fingerprint density at radius 1 is 1.21 bits per heavy atom. The van der Waals surface area contributed by atoms with Crippen molar-refractivity contribution in [2.75, 3.05) is 12.4 Å². The van der Waals surface area contributed by atoms with E-state index in [-0.39, 0.29) is 10.9 Å². The molecule has 2 aromatic rings. The van der Waals surface area contributed by atoms with Gasteiger partial charge in [0.2, 0.25) is 5.91 Å². The van der Waals surface area contributed by atoms with Crippen molar-refractivity contribution in [3.05, 3.63) is 70.3 Å². The zero-order chi connectivity index (χ0) is 17.5. The van der Waals surface area contributed by atoms with E-state index in [9.17, 15) is 9.59 Å². The molecule has 1 amide bonds. The number of hydrogen-bond acceptors (Lipinski definition) is 4. The lowest BCUT2D eigenvalue weighted by Crippen LogP contribution is -2.07. The van der Waals surface area contributed by atoms with Crippen molar-refractivity contribution in [2.24, 2.45) is 0 Å². The highest BCUT2D eigenvalue weighted by molar-refractivity contribution is 6.32. The van der Waals surface area contributed by atoms with Crippen LogP contribution >= 0.6 is 11.6 Å². The summed E-state index contributed by atoms with van der Waals surface area (Å²) in [4.78, 5) is 23.2. The van der Waals surface area contributed by atoms with Gasteiger partial charge in [0.25, 0.3) is 0 Å². The Balaban J connectivity index is 2.01. The molecule has 0 unspecified atom stereocenters. The number of benzene rings is 2. The highest BCUT2D eigenvalue weighted by Crippen LogP contribution is 2.20. The molecule has 2 aromatic carbocycles. The lowest BCUT2D eigenvalue weighted by molar-refractivity contribution is -0.111. The summed E-state index contributed by atoms with van der Waals surface area (Å²) < 4.78 is 4.61. The number of nitrogens with zero attached hydrogens (tertiary/aromatic N) is 1. The van der Waals surface area contributed by atoms with Crippen molar-refractivity contribution in [3.63, 3.8) is 0 Å². The molecule has 2 rings (SSSR count). The highest BCUT2D eigenvalue weighted by Gasteiger charge is 2.04. The summed E-state index contributed by atoms with van der Waals surface area (Å²) in [5.74, 6) is -0.756. The maximum absolute atomic E-state index is 11.9. The number of carbonyl (C=O) groups is 2. The molecule has 0 saturated carbocycles. The Hall–Kier alpha value is -3.10. The molecule has 0 heterocycles. The number of anilines is 1. The number of carbonyl (C=O) groups excluding carboxylic acids is 2. The van der Waals surface area contributed by atoms with Crippen molar-refractivity contribution >= 4 is 35.2 Å². The van der Waals surface area contributed by atoms with Crippen LogP contribution in [0, 0.1) is 11.3 Å². The monoisotopic (exact) mass is 340 g/mol. The first-order chi connectivity index (χ1) is 11.5. The first-order valence-corrected chi connectivity index (χ1v) is 7.28. The molecule has 0 saturated heterocycles. The highest BCUT2D eigenvalue weighted by atomic mass is 35.5. The molecular weight excluding hydrogens is 328 g/mol. The normalized spacial score (nSPS) is 10.2. The minimum absolute atomic E-state index is 0.276. The van der Waals surface area contributed by atoms with Gasteiger partial charge >= 0.3 is 5.97 Å². The van der Waals surface area contributed by atoms with Crippen LogP contribution in [0.3, 0.4) is 0 Å². The third-order valence-corrected chi connectivity index (χ3v) is 3.43. The maximum atomic E-state index is 11.9. The lowest BCUT2D eigenvalue weighted by Gasteiger charge is -2.03. The van der Waals surface area contributed by atoms with E-state index in [1.54, 1.807) is 36.4 Å². The molecule has 0 atom stereocenters. The van der Waals surface area contributed by atoms with Gasteiger partial charge in [-0.3, -0.25) is 4.79 Å². The van der Waals surface area contributed by atoms with Gasteiger partial charge in [0, 0.05) is 11.8 Å². The standard InChI is InChI=1S/C18H13ClN2O3/c1-24-18(23)13-5-2-12(3-6-13)4-9-17(22)21-15-8-7-14(11-20)16(19)10-15/h2-10H,1H3,(H,21,22)/b9-4+. The third kappa shape index (κ3) is 4.45. The van der Waals surface area contributed by atoms with Gasteiger partial charge in [-0.2, -0.15) is 5.26 Å². The van der Waals surface area contributed by atoms with E-state index in [0.717, 1.165) is 5.56 Å². The molecule has 1 N–H and O–H groups in total. The quantitative estimate of drug-likeness (QED) is 0.680. The predicted molar refractivity (Wildman–Crippen MR) is 91.6 cm³/mol. The van der Waals surface area contributed by atoms with Crippen LogP contribution in [-0.4, -0.2) is 19.0 Å². The number of rotatable bonds is 4. The second-order valence-electron chi connectivity index (χ2n) is 4.74. The molecule has 120 valence electrons.